The molecule has 1 saturated carbocycles. The van der Waals surface area contributed by atoms with Gasteiger partial charge in [0.1, 0.15) is 0 Å². The van der Waals surface area contributed by atoms with E-state index >= 15 is 0 Å². The molecule has 0 spiro atoms. The molecule has 2 rings (SSSR count). The molecule has 1 aliphatic rings. The summed E-state index contributed by atoms with van der Waals surface area (Å²) in [4.78, 5) is 4.50. The fourth-order valence-corrected chi connectivity index (χ4v) is 2.55. The number of nitrogens with zero attached hydrogens (tertiary/aromatic N) is 2. The summed E-state index contributed by atoms with van der Waals surface area (Å²) < 4.78 is 5.42. The first-order chi connectivity index (χ1) is 7.72. The second-order valence-electron chi connectivity index (χ2n) is 4.81. The first kappa shape index (κ1) is 11.6. The third-order valence-electron chi connectivity index (χ3n) is 3.90. The van der Waals surface area contributed by atoms with Gasteiger partial charge in [0.15, 0.2) is 5.82 Å². The average molecular weight is 223 g/mol. The summed E-state index contributed by atoms with van der Waals surface area (Å²) in [5.41, 5.74) is 6.04. The normalized spacial score (nSPS) is 21.2. The number of hydrogen-bond donors (Lipinski definition) is 1. The summed E-state index contributed by atoms with van der Waals surface area (Å²) in [6.45, 7) is 4.24. The predicted octanol–water partition coefficient (Wildman–Crippen LogP) is 2.70. The Morgan fingerprint density at radius 1 is 1.38 bits per heavy atom. The van der Waals surface area contributed by atoms with E-state index in [9.17, 15) is 0 Å². The third kappa shape index (κ3) is 1.86. The van der Waals surface area contributed by atoms with Crippen LogP contribution < -0.4 is 5.73 Å². The molecule has 1 unspecified atom stereocenters. The molecule has 90 valence electrons. The Kier molecular flexibility index (Phi) is 3.28. The Labute approximate surface area is 96.6 Å². The molecule has 0 aromatic carbocycles. The van der Waals surface area contributed by atoms with Crippen molar-refractivity contribution in [3.63, 3.8) is 0 Å². The van der Waals surface area contributed by atoms with Crippen molar-refractivity contribution in [2.24, 2.45) is 5.73 Å². The van der Waals surface area contributed by atoms with E-state index in [1.54, 1.807) is 0 Å². The molecule has 1 atom stereocenters. The highest BCUT2D eigenvalue weighted by molar-refractivity contribution is 5.08. The van der Waals surface area contributed by atoms with Crippen molar-refractivity contribution in [2.75, 3.05) is 0 Å². The molecule has 4 heteroatoms. The molecular weight excluding hydrogens is 202 g/mol. The zero-order chi connectivity index (χ0) is 11.6. The second-order valence-corrected chi connectivity index (χ2v) is 4.81. The Morgan fingerprint density at radius 2 is 2.06 bits per heavy atom. The number of rotatable bonds is 4. The molecule has 1 aromatic heterocycles. The highest BCUT2D eigenvalue weighted by atomic mass is 16.5. The Morgan fingerprint density at radius 3 is 2.62 bits per heavy atom. The third-order valence-corrected chi connectivity index (χ3v) is 3.90. The minimum Gasteiger partial charge on any atom is -0.339 e. The van der Waals surface area contributed by atoms with Crippen molar-refractivity contribution in [1.29, 1.82) is 0 Å². The fourth-order valence-electron chi connectivity index (χ4n) is 2.55. The lowest BCUT2D eigenvalue weighted by molar-refractivity contribution is 0.271. The van der Waals surface area contributed by atoms with Crippen molar-refractivity contribution in [1.82, 2.24) is 10.1 Å². The van der Waals surface area contributed by atoms with Gasteiger partial charge in [0.05, 0.1) is 6.04 Å². The van der Waals surface area contributed by atoms with Gasteiger partial charge >= 0.3 is 0 Å². The summed E-state index contributed by atoms with van der Waals surface area (Å²) in [5.74, 6) is 1.48. The molecular formula is C12H21N3O. The molecule has 16 heavy (non-hydrogen) atoms. The maximum Gasteiger partial charge on any atom is 0.232 e. The van der Waals surface area contributed by atoms with E-state index in [0.29, 0.717) is 5.82 Å². The van der Waals surface area contributed by atoms with Crippen molar-refractivity contribution in [2.45, 2.75) is 63.8 Å². The molecule has 1 heterocycles. The SMILES string of the molecule is CCC(N)c1noc(C2(CC)CCCC2)n1. The summed E-state index contributed by atoms with van der Waals surface area (Å²) >= 11 is 0. The zero-order valence-electron chi connectivity index (χ0n) is 10.2. The first-order valence-electron chi connectivity index (χ1n) is 6.31. The lowest BCUT2D eigenvalue weighted by Crippen LogP contribution is -2.21. The first-order valence-corrected chi connectivity index (χ1v) is 6.31. The molecule has 0 bridgehead atoms. The van der Waals surface area contributed by atoms with Gasteiger partial charge in [-0.2, -0.15) is 4.98 Å². The molecule has 4 nitrogen and oxygen atoms in total. The standard InChI is InChI=1S/C12H21N3O/c1-3-9(13)10-14-11(16-15-10)12(4-2)7-5-6-8-12/h9H,3-8,13H2,1-2H3. The van der Waals surface area contributed by atoms with Gasteiger partial charge in [-0.15, -0.1) is 0 Å². The van der Waals surface area contributed by atoms with Crippen molar-refractivity contribution >= 4 is 0 Å². The zero-order valence-corrected chi connectivity index (χ0v) is 10.2. The molecule has 2 N–H and O–H groups in total. The van der Waals surface area contributed by atoms with Gasteiger partial charge in [-0.3, -0.25) is 0 Å². The van der Waals surface area contributed by atoms with Gasteiger partial charge in [-0.25, -0.2) is 0 Å². The van der Waals surface area contributed by atoms with Crippen LogP contribution in [0.2, 0.25) is 0 Å². The van der Waals surface area contributed by atoms with Gasteiger partial charge in [-0.05, 0) is 25.7 Å². The average Bonchev–Trinajstić information content (AvgIpc) is 2.96. The Bertz CT molecular complexity index is 342. The van der Waals surface area contributed by atoms with Crippen LogP contribution in [0.4, 0.5) is 0 Å². The maximum absolute atomic E-state index is 5.91. The van der Waals surface area contributed by atoms with Gasteiger partial charge in [0.2, 0.25) is 5.89 Å². The number of nitrogens with two attached hydrogens (primary N) is 1. The van der Waals surface area contributed by atoms with E-state index in [0.717, 1.165) is 18.7 Å². The van der Waals surface area contributed by atoms with Crippen molar-refractivity contribution in [3.05, 3.63) is 11.7 Å². The molecule has 1 aromatic rings. The Hall–Kier alpha value is -0.900. The molecule has 1 aliphatic carbocycles. The van der Waals surface area contributed by atoms with E-state index in [4.69, 9.17) is 10.3 Å². The van der Waals surface area contributed by atoms with Crippen molar-refractivity contribution < 1.29 is 4.52 Å². The minimum atomic E-state index is -0.0900. The van der Waals surface area contributed by atoms with Crippen LogP contribution in [0, 0.1) is 0 Å². The quantitative estimate of drug-likeness (QED) is 0.852. The minimum absolute atomic E-state index is 0.0900. The highest BCUT2D eigenvalue weighted by Crippen LogP contribution is 2.42. The smallest absolute Gasteiger partial charge is 0.232 e. The van der Waals surface area contributed by atoms with Gasteiger partial charge in [0, 0.05) is 5.41 Å². The molecule has 0 saturated heterocycles. The van der Waals surface area contributed by atoms with Crippen LogP contribution in [-0.2, 0) is 5.41 Å². The second kappa shape index (κ2) is 4.53. The molecule has 0 amide bonds. The van der Waals surface area contributed by atoms with Crippen LogP contribution in [0.15, 0.2) is 4.52 Å². The molecule has 1 fully saturated rings. The lowest BCUT2D eigenvalue weighted by Gasteiger charge is -2.21. The van der Waals surface area contributed by atoms with E-state index in [1.807, 2.05) is 6.92 Å². The fraction of sp³-hybridized carbons (Fsp3) is 0.833. The van der Waals surface area contributed by atoms with Crippen LogP contribution in [-0.4, -0.2) is 10.1 Å². The number of hydrogen-bond acceptors (Lipinski definition) is 4. The molecule has 0 aliphatic heterocycles. The topological polar surface area (TPSA) is 64.9 Å². The van der Waals surface area contributed by atoms with E-state index in [2.05, 4.69) is 17.1 Å². The summed E-state index contributed by atoms with van der Waals surface area (Å²) in [7, 11) is 0. The predicted molar refractivity (Wildman–Crippen MR) is 62.0 cm³/mol. The monoisotopic (exact) mass is 223 g/mol. The summed E-state index contributed by atoms with van der Waals surface area (Å²) in [6.07, 6.45) is 6.81. The van der Waals surface area contributed by atoms with Gasteiger partial charge < -0.3 is 10.3 Å². The number of aromatic nitrogens is 2. The summed E-state index contributed by atoms with van der Waals surface area (Å²) in [6, 6.07) is -0.0900. The molecule has 0 radical (unpaired) electrons. The Balaban J connectivity index is 2.23. The van der Waals surface area contributed by atoms with E-state index in [1.165, 1.54) is 25.7 Å². The van der Waals surface area contributed by atoms with Crippen molar-refractivity contribution in [3.8, 4) is 0 Å². The maximum atomic E-state index is 5.91. The lowest BCUT2D eigenvalue weighted by atomic mass is 9.83. The highest BCUT2D eigenvalue weighted by Gasteiger charge is 2.39. The van der Waals surface area contributed by atoms with Crippen LogP contribution in [0.1, 0.15) is 70.1 Å². The van der Waals surface area contributed by atoms with Crippen LogP contribution in [0.5, 0.6) is 0 Å². The van der Waals surface area contributed by atoms with Crippen LogP contribution in [0.3, 0.4) is 0 Å². The van der Waals surface area contributed by atoms with E-state index < -0.39 is 0 Å². The van der Waals surface area contributed by atoms with E-state index in [-0.39, 0.29) is 11.5 Å². The van der Waals surface area contributed by atoms with Crippen LogP contribution >= 0.6 is 0 Å². The van der Waals surface area contributed by atoms with Gasteiger partial charge in [0.25, 0.3) is 0 Å². The van der Waals surface area contributed by atoms with Gasteiger partial charge in [-0.1, -0.05) is 31.8 Å². The van der Waals surface area contributed by atoms with Crippen LogP contribution in [0.25, 0.3) is 0 Å². The summed E-state index contributed by atoms with van der Waals surface area (Å²) in [5, 5.41) is 4.01. The largest absolute Gasteiger partial charge is 0.339 e.